The second-order valence-electron chi connectivity index (χ2n) is 9.43. The summed E-state index contributed by atoms with van der Waals surface area (Å²) in [7, 11) is 3.62. The number of rotatable bonds is 8. The molecule has 1 atom stereocenters. The zero-order chi connectivity index (χ0) is 23.0. The zero-order valence-corrected chi connectivity index (χ0v) is 20.0. The summed E-state index contributed by atoms with van der Waals surface area (Å²) in [4.78, 5) is 30.6. The second kappa shape index (κ2) is 11.4. The van der Waals surface area contributed by atoms with E-state index in [-0.39, 0.29) is 12.0 Å². The van der Waals surface area contributed by atoms with Gasteiger partial charge >= 0.3 is 6.09 Å². The van der Waals surface area contributed by atoms with Crippen LogP contribution in [0.4, 0.5) is 4.79 Å². The fraction of sp³-hybridized carbons (Fsp3) is 0.667. The Morgan fingerprint density at radius 3 is 2.42 bits per heavy atom. The van der Waals surface area contributed by atoms with Gasteiger partial charge in [0.25, 0.3) is 0 Å². The summed E-state index contributed by atoms with van der Waals surface area (Å²) in [6, 6.07) is 7.87. The molecular weight excluding hydrogens is 394 g/mol. The number of hydrogen-bond donors (Lipinski definition) is 0. The van der Waals surface area contributed by atoms with Crippen LogP contribution in [0.2, 0.25) is 0 Å². The van der Waals surface area contributed by atoms with Crippen LogP contribution in [0.3, 0.4) is 0 Å². The van der Waals surface area contributed by atoms with Crippen LogP contribution < -0.4 is 4.74 Å². The van der Waals surface area contributed by atoms with E-state index >= 15 is 0 Å². The molecule has 1 aromatic rings. The van der Waals surface area contributed by atoms with Crippen LogP contribution >= 0.6 is 0 Å². The fourth-order valence-electron chi connectivity index (χ4n) is 3.78. The first kappa shape index (κ1) is 25.0. The van der Waals surface area contributed by atoms with Gasteiger partial charge in [0.05, 0.1) is 13.2 Å². The molecule has 1 unspecified atom stereocenters. The number of likely N-dealkylation sites (N-methyl/N-ethyl adjacent to an activating group) is 1. The highest BCUT2D eigenvalue weighted by Crippen LogP contribution is 2.19. The van der Waals surface area contributed by atoms with Gasteiger partial charge in [-0.3, -0.25) is 9.69 Å². The quantitative estimate of drug-likeness (QED) is 0.627. The summed E-state index contributed by atoms with van der Waals surface area (Å²) in [6.45, 7) is 11.6. The number of hydrogen-bond acceptors (Lipinski definition) is 5. The van der Waals surface area contributed by atoms with Crippen molar-refractivity contribution < 1.29 is 19.1 Å². The van der Waals surface area contributed by atoms with Gasteiger partial charge in [0.2, 0.25) is 5.91 Å². The molecule has 0 radical (unpaired) electrons. The van der Waals surface area contributed by atoms with Crippen molar-refractivity contribution in [2.45, 2.75) is 52.7 Å². The number of piperidine rings is 1. The molecule has 0 saturated carbocycles. The number of benzene rings is 1. The highest BCUT2D eigenvalue weighted by atomic mass is 16.6. The molecule has 1 heterocycles. The van der Waals surface area contributed by atoms with E-state index in [1.807, 2.05) is 59.0 Å². The minimum Gasteiger partial charge on any atom is -0.494 e. The summed E-state index contributed by atoms with van der Waals surface area (Å²) < 4.78 is 10.9. The number of carbonyl (C=O) groups is 2. The highest BCUT2D eigenvalue weighted by Gasteiger charge is 2.26. The minimum absolute atomic E-state index is 0.107. The molecule has 1 aliphatic heterocycles. The van der Waals surface area contributed by atoms with E-state index in [2.05, 4.69) is 4.90 Å². The number of ether oxygens (including phenoxy) is 2. The van der Waals surface area contributed by atoms with Crippen LogP contribution in [0.15, 0.2) is 24.3 Å². The minimum atomic E-state index is -0.496. The third kappa shape index (κ3) is 8.77. The predicted molar refractivity (Wildman–Crippen MR) is 122 cm³/mol. The van der Waals surface area contributed by atoms with Crippen molar-refractivity contribution in [3.8, 4) is 5.75 Å². The van der Waals surface area contributed by atoms with Crippen LogP contribution in [-0.4, -0.2) is 79.2 Å². The van der Waals surface area contributed by atoms with Crippen molar-refractivity contribution in [2.75, 3.05) is 46.9 Å². The van der Waals surface area contributed by atoms with Gasteiger partial charge in [0, 0.05) is 33.7 Å². The van der Waals surface area contributed by atoms with Crippen LogP contribution in [0.1, 0.15) is 46.1 Å². The van der Waals surface area contributed by atoms with Crippen molar-refractivity contribution in [1.82, 2.24) is 14.7 Å². The Hall–Kier alpha value is -2.28. The molecule has 0 N–H and O–H groups in total. The molecule has 7 heteroatoms. The molecule has 1 aromatic carbocycles. The lowest BCUT2D eigenvalue weighted by atomic mass is 9.97. The molecule has 0 bridgehead atoms. The number of carbonyl (C=O) groups excluding carboxylic acids is 2. The predicted octanol–water partition coefficient (Wildman–Crippen LogP) is 3.62. The lowest BCUT2D eigenvalue weighted by Gasteiger charge is -2.35. The molecule has 0 aromatic heterocycles. The average molecular weight is 434 g/mol. The molecule has 2 rings (SSSR count). The van der Waals surface area contributed by atoms with Crippen LogP contribution in [0, 0.1) is 5.92 Å². The van der Waals surface area contributed by atoms with Crippen LogP contribution in [0.5, 0.6) is 5.75 Å². The maximum Gasteiger partial charge on any atom is 0.410 e. The average Bonchev–Trinajstić information content (AvgIpc) is 2.68. The van der Waals surface area contributed by atoms with Crippen molar-refractivity contribution in [2.24, 2.45) is 5.92 Å². The first-order chi connectivity index (χ1) is 14.6. The standard InChI is InChI=1S/C24H39N3O4/c1-7-30-21-12-10-19(11-13-21)15-25(5)22(28)18-27-14-8-9-20(17-27)16-26(6)23(29)31-24(2,3)4/h10-13,20H,7-9,14-18H2,1-6H3. The van der Waals surface area contributed by atoms with Gasteiger partial charge in [-0.1, -0.05) is 12.1 Å². The van der Waals surface area contributed by atoms with Crippen molar-refractivity contribution in [3.63, 3.8) is 0 Å². The van der Waals surface area contributed by atoms with Gasteiger partial charge in [0.1, 0.15) is 11.4 Å². The van der Waals surface area contributed by atoms with Crippen molar-refractivity contribution in [3.05, 3.63) is 29.8 Å². The van der Waals surface area contributed by atoms with E-state index in [9.17, 15) is 9.59 Å². The number of nitrogens with zero attached hydrogens (tertiary/aromatic N) is 3. The molecule has 31 heavy (non-hydrogen) atoms. The van der Waals surface area contributed by atoms with Gasteiger partial charge in [0.15, 0.2) is 0 Å². The third-order valence-corrected chi connectivity index (χ3v) is 5.28. The molecule has 0 spiro atoms. The smallest absolute Gasteiger partial charge is 0.410 e. The Labute approximate surface area is 187 Å². The van der Waals surface area contributed by atoms with E-state index < -0.39 is 5.60 Å². The Morgan fingerprint density at radius 2 is 1.81 bits per heavy atom. The van der Waals surface area contributed by atoms with Crippen molar-refractivity contribution >= 4 is 12.0 Å². The lowest BCUT2D eigenvalue weighted by Crippen LogP contribution is -2.46. The van der Waals surface area contributed by atoms with Gasteiger partial charge < -0.3 is 19.3 Å². The van der Waals surface area contributed by atoms with E-state index in [1.54, 1.807) is 16.8 Å². The van der Waals surface area contributed by atoms with Gasteiger partial charge in [-0.2, -0.15) is 0 Å². The van der Waals surface area contributed by atoms with E-state index in [1.165, 1.54) is 0 Å². The van der Waals surface area contributed by atoms with Crippen LogP contribution in [-0.2, 0) is 16.1 Å². The maximum absolute atomic E-state index is 12.8. The summed E-state index contributed by atoms with van der Waals surface area (Å²) >= 11 is 0. The summed E-state index contributed by atoms with van der Waals surface area (Å²) in [5.74, 6) is 1.29. The zero-order valence-electron chi connectivity index (χ0n) is 20.0. The summed E-state index contributed by atoms with van der Waals surface area (Å²) in [6.07, 6.45) is 1.79. The SMILES string of the molecule is CCOc1ccc(CN(C)C(=O)CN2CCCC(CN(C)C(=O)OC(C)(C)C)C2)cc1. The highest BCUT2D eigenvalue weighted by molar-refractivity contribution is 5.78. The molecule has 7 nitrogen and oxygen atoms in total. The van der Waals surface area contributed by atoms with Crippen molar-refractivity contribution in [1.29, 1.82) is 0 Å². The molecular formula is C24H39N3O4. The number of likely N-dealkylation sites (tertiary alicyclic amines) is 1. The summed E-state index contributed by atoms with van der Waals surface area (Å²) in [5, 5.41) is 0. The Morgan fingerprint density at radius 1 is 1.13 bits per heavy atom. The van der Waals surface area contributed by atoms with Crippen LogP contribution in [0.25, 0.3) is 0 Å². The topological polar surface area (TPSA) is 62.3 Å². The van der Waals surface area contributed by atoms with Gasteiger partial charge in [-0.15, -0.1) is 0 Å². The molecule has 2 amide bonds. The molecule has 1 aliphatic rings. The second-order valence-corrected chi connectivity index (χ2v) is 9.43. The Balaban J connectivity index is 1.81. The molecule has 0 aliphatic carbocycles. The number of amides is 2. The lowest BCUT2D eigenvalue weighted by molar-refractivity contribution is -0.132. The van der Waals surface area contributed by atoms with Gasteiger partial charge in [-0.05, 0) is 70.7 Å². The Kier molecular flexibility index (Phi) is 9.16. The first-order valence-corrected chi connectivity index (χ1v) is 11.2. The summed E-state index contributed by atoms with van der Waals surface area (Å²) in [5.41, 5.74) is 0.583. The van der Waals surface area contributed by atoms with E-state index in [0.717, 1.165) is 37.2 Å². The van der Waals surface area contributed by atoms with E-state index in [0.29, 0.717) is 32.2 Å². The maximum atomic E-state index is 12.8. The fourth-order valence-corrected chi connectivity index (χ4v) is 3.78. The molecule has 1 saturated heterocycles. The first-order valence-electron chi connectivity index (χ1n) is 11.2. The molecule has 174 valence electrons. The Bertz CT molecular complexity index is 715. The van der Waals surface area contributed by atoms with Gasteiger partial charge in [-0.25, -0.2) is 4.79 Å². The largest absolute Gasteiger partial charge is 0.494 e. The third-order valence-electron chi connectivity index (χ3n) is 5.28. The monoisotopic (exact) mass is 433 g/mol. The molecule has 1 fully saturated rings. The normalized spacial score (nSPS) is 17.2. The van der Waals surface area contributed by atoms with E-state index in [4.69, 9.17) is 9.47 Å².